The number of rotatable bonds is 6. The van der Waals surface area contributed by atoms with Crippen molar-refractivity contribution in [3.8, 4) is 0 Å². The lowest BCUT2D eigenvalue weighted by atomic mass is 9.74. The van der Waals surface area contributed by atoms with E-state index in [4.69, 9.17) is 11.6 Å². The van der Waals surface area contributed by atoms with Gasteiger partial charge in [0, 0.05) is 18.1 Å². The first-order valence-corrected chi connectivity index (χ1v) is 8.49. The van der Waals surface area contributed by atoms with Crippen LogP contribution in [0.1, 0.15) is 45.4 Å². The quantitative estimate of drug-likeness (QED) is 0.815. The number of piperidine rings is 1. The Kier molecular flexibility index (Phi) is 5.88. The molecular weight excluding hydrogens is 284 g/mol. The van der Waals surface area contributed by atoms with Crippen molar-refractivity contribution in [2.75, 3.05) is 26.7 Å². The van der Waals surface area contributed by atoms with Gasteiger partial charge in [0.15, 0.2) is 0 Å². The van der Waals surface area contributed by atoms with Crippen molar-refractivity contribution >= 4 is 17.5 Å². The van der Waals surface area contributed by atoms with Crippen LogP contribution in [0.25, 0.3) is 0 Å². The van der Waals surface area contributed by atoms with E-state index >= 15 is 0 Å². The van der Waals surface area contributed by atoms with Crippen LogP contribution in [0.3, 0.4) is 0 Å². The van der Waals surface area contributed by atoms with Crippen molar-refractivity contribution in [2.24, 2.45) is 5.41 Å². The molecule has 4 heteroatoms. The number of nitrogens with zero attached hydrogens (tertiary/aromatic N) is 1. The summed E-state index contributed by atoms with van der Waals surface area (Å²) in [5.41, 5.74) is 0.948. The van der Waals surface area contributed by atoms with Gasteiger partial charge in [0.2, 0.25) is 5.91 Å². The van der Waals surface area contributed by atoms with Crippen LogP contribution in [0.15, 0.2) is 22.8 Å². The molecule has 1 N–H and O–H groups in total. The highest BCUT2D eigenvalue weighted by molar-refractivity contribution is 6.30. The SMILES string of the molecule is CCC1(CCNC)CCCN(CC2=C(Cl)CCC=C2)C1=O. The molecule has 0 aromatic heterocycles. The van der Waals surface area contributed by atoms with Crippen LogP contribution in [0.5, 0.6) is 0 Å². The molecule has 1 amide bonds. The standard InChI is InChI=1S/C17H27ClN2O/c1-3-17(10-11-19-2)9-6-12-20(16(17)21)13-14-7-4-5-8-15(14)18/h4,7,19H,3,5-6,8-13H2,1-2H3. The monoisotopic (exact) mass is 310 g/mol. The summed E-state index contributed by atoms with van der Waals surface area (Å²) < 4.78 is 0. The van der Waals surface area contributed by atoms with E-state index in [9.17, 15) is 4.79 Å². The smallest absolute Gasteiger partial charge is 0.229 e. The lowest BCUT2D eigenvalue weighted by Crippen LogP contribution is -2.50. The van der Waals surface area contributed by atoms with Crippen molar-refractivity contribution in [1.29, 1.82) is 0 Å². The third kappa shape index (κ3) is 3.70. The molecule has 3 nitrogen and oxygen atoms in total. The second kappa shape index (κ2) is 7.46. The molecule has 1 heterocycles. The van der Waals surface area contributed by atoms with E-state index in [1.54, 1.807) is 0 Å². The molecule has 0 aromatic carbocycles. The Bertz CT molecular complexity index is 444. The lowest BCUT2D eigenvalue weighted by Gasteiger charge is -2.42. The van der Waals surface area contributed by atoms with E-state index in [0.29, 0.717) is 12.5 Å². The van der Waals surface area contributed by atoms with Crippen molar-refractivity contribution in [2.45, 2.75) is 45.4 Å². The van der Waals surface area contributed by atoms with Gasteiger partial charge in [0.1, 0.15) is 0 Å². The lowest BCUT2D eigenvalue weighted by molar-refractivity contribution is -0.146. The fourth-order valence-electron chi connectivity index (χ4n) is 3.43. The van der Waals surface area contributed by atoms with Crippen LogP contribution in [-0.4, -0.2) is 37.5 Å². The number of hydrogen-bond donors (Lipinski definition) is 1. The molecule has 2 aliphatic rings. The van der Waals surface area contributed by atoms with Gasteiger partial charge in [0.25, 0.3) is 0 Å². The molecule has 0 aromatic rings. The van der Waals surface area contributed by atoms with Crippen molar-refractivity contribution in [3.63, 3.8) is 0 Å². The molecule has 21 heavy (non-hydrogen) atoms. The number of allylic oxidation sites excluding steroid dienone is 2. The van der Waals surface area contributed by atoms with E-state index in [1.807, 2.05) is 11.9 Å². The van der Waals surface area contributed by atoms with Gasteiger partial charge in [0.05, 0.1) is 5.41 Å². The van der Waals surface area contributed by atoms with Gasteiger partial charge in [-0.05, 0) is 57.7 Å². The maximum Gasteiger partial charge on any atom is 0.229 e. The van der Waals surface area contributed by atoms with E-state index in [1.165, 1.54) is 0 Å². The van der Waals surface area contributed by atoms with Crippen LogP contribution in [0.2, 0.25) is 0 Å². The Morgan fingerprint density at radius 1 is 1.48 bits per heavy atom. The summed E-state index contributed by atoms with van der Waals surface area (Å²) in [6.07, 6.45) is 10.1. The molecule has 1 aliphatic heterocycles. The summed E-state index contributed by atoms with van der Waals surface area (Å²) in [7, 11) is 1.95. The molecule has 1 saturated heterocycles. The minimum absolute atomic E-state index is 0.174. The summed E-state index contributed by atoms with van der Waals surface area (Å²) in [6.45, 7) is 4.58. The number of carbonyl (C=O) groups excluding carboxylic acids is 1. The molecule has 1 unspecified atom stereocenters. The number of likely N-dealkylation sites (tertiary alicyclic amines) is 1. The molecular formula is C17H27ClN2O. The zero-order chi connectivity index (χ0) is 15.3. The topological polar surface area (TPSA) is 32.3 Å². The fourth-order valence-corrected chi connectivity index (χ4v) is 3.67. The highest BCUT2D eigenvalue weighted by atomic mass is 35.5. The average Bonchev–Trinajstić information content (AvgIpc) is 2.50. The predicted octanol–water partition coefficient (Wildman–Crippen LogP) is 3.46. The molecule has 1 fully saturated rings. The van der Waals surface area contributed by atoms with Gasteiger partial charge in [-0.1, -0.05) is 30.7 Å². The van der Waals surface area contributed by atoms with Gasteiger partial charge in [-0.3, -0.25) is 4.79 Å². The van der Waals surface area contributed by atoms with Crippen molar-refractivity contribution in [1.82, 2.24) is 10.2 Å². The largest absolute Gasteiger partial charge is 0.338 e. The molecule has 0 bridgehead atoms. The maximum absolute atomic E-state index is 13.0. The van der Waals surface area contributed by atoms with Crippen molar-refractivity contribution < 1.29 is 4.79 Å². The number of amides is 1. The third-order valence-electron chi connectivity index (χ3n) is 4.91. The van der Waals surface area contributed by atoms with Gasteiger partial charge in [-0.2, -0.15) is 0 Å². The Morgan fingerprint density at radius 3 is 2.95 bits per heavy atom. The number of halogens is 1. The molecule has 1 atom stereocenters. The second-order valence-corrected chi connectivity index (χ2v) is 6.65. The van der Waals surface area contributed by atoms with Crippen LogP contribution in [0, 0.1) is 5.41 Å². The Balaban J connectivity index is 2.10. The molecule has 0 saturated carbocycles. The van der Waals surface area contributed by atoms with Crippen LogP contribution < -0.4 is 5.32 Å². The molecule has 0 radical (unpaired) electrons. The predicted molar refractivity (Wildman–Crippen MR) is 88.3 cm³/mol. The Labute approximate surface area is 133 Å². The summed E-state index contributed by atoms with van der Waals surface area (Å²) in [6, 6.07) is 0. The van der Waals surface area contributed by atoms with Gasteiger partial charge < -0.3 is 10.2 Å². The average molecular weight is 311 g/mol. The van der Waals surface area contributed by atoms with Crippen LogP contribution >= 0.6 is 11.6 Å². The number of nitrogens with one attached hydrogen (secondary N) is 1. The molecule has 1 aliphatic carbocycles. The highest BCUT2D eigenvalue weighted by Crippen LogP contribution is 2.38. The fraction of sp³-hybridized carbons (Fsp3) is 0.706. The zero-order valence-corrected chi connectivity index (χ0v) is 14.0. The van der Waals surface area contributed by atoms with E-state index in [0.717, 1.165) is 62.2 Å². The first-order chi connectivity index (χ1) is 10.1. The third-order valence-corrected chi connectivity index (χ3v) is 5.35. The maximum atomic E-state index is 13.0. The minimum atomic E-state index is -0.174. The first-order valence-electron chi connectivity index (χ1n) is 8.11. The zero-order valence-electron chi connectivity index (χ0n) is 13.3. The van der Waals surface area contributed by atoms with Gasteiger partial charge in [-0.25, -0.2) is 0 Å². The van der Waals surface area contributed by atoms with Crippen LogP contribution in [0.4, 0.5) is 0 Å². The molecule has 2 rings (SSSR count). The summed E-state index contributed by atoms with van der Waals surface area (Å²) in [4.78, 5) is 15.0. The number of carbonyl (C=O) groups is 1. The molecule has 0 spiro atoms. The first kappa shape index (κ1) is 16.6. The van der Waals surface area contributed by atoms with E-state index in [-0.39, 0.29) is 5.41 Å². The van der Waals surface area contributed by atoms with Gasteiger partial charge >= 0.3 is 0 Å². The van der Waals surface area contributed by atoms with Crippen molar-refractivity contribution in [3.05, 3.63) is 22.8 Å². The Morgan fingerprint density at radius 2 is 2.29 bits per heavy atom. The minimum Gasteiger partial charge on any atom is -0.338 e. The van der Waals surface area contributed by atoms with E-state index < -0.39 is 0 Å². The summed E-state index contributed by atoms with van der Waals surface area (Å²) in [5.74, 6) is 0.322. The van der Waals surface area contributed by atoms with E-state index in [2.05, 4.69) is 24.4 Å². The summed E-state index contributed by atoms with van der Waals surface area (Å²) >= 11 is 6.32. The Hall–Kier alpha value is -0.800. The van der Waals surface area contributed by atoms with Crippen LogP contribution in [-0.2, 0) is 4.79 Å². The second-order valence-electron chi connectivity index (χ2n) is 6.19. The van der Waals surface area contributed by atoms with Gasteiger partial charge in [-0.15, -0.1) is 0 Å². The molecule has 118 valence electrons. The summed E-state index contributed by atoms with van der Waals surface area (Å²) in [5, 5.41) is 4.11. The number of hydrogen-bond acceptors (Lipinski definition) is 2. The normalized spacial score (nSPS) is 26.6. The highest BCUT2D eigenvalue weighted by Gasteiger charge is 2.41.